The fraction of sp³-hybridized carbons (Fsp3) is 0.556. The highest BCUT2D eigenvalue weighted by Crippen LogP contribution is 2.29. The second-order valence-electron chi connectivity index (χ2n) is 6.09. The monoisotopic (exact) mass is 335 g/mol. The summed E-state index contributed by atoms with van der Waals surface area (Å²) >= 11 is 0. The molecule has 1 saturated heterocycles. The molecule has 0 unspecified atom stereocenters. The number of hydrogen-bond donors (Lipinski definition) is 1. The van der Waals surface area contributed by atoms with Gasteiger partial charge < -0.3 is 19.5 Å². The van der Waals surface area contributed by atoms with Gasteiger partial charge in [-0.1, -0.05) is 30.3 Å². The van der Waals surface area contributed by atoms with E-state index in [2.05, 4.69) is 0 Å². The number of benzene rings is 1. The average molecular weight is 335 g/mol. The number of ether oxygens (including phenoxy) is 2. The van der Waals surface area contributed by atoms with Crippen LogP contribution in [0.2, 0.25) is 0 Å². The molecular formula is C18H25NO5. The van der Waals surface area contributed by atoms with Gasteiger partial charge in [-0.2, -0.15) is 0 Å². The van der Waals surface area contributed by atoms with Crippen molar-refractivity contribution in [3.8, 4) is 0 Å². The number of methoxy groups -OCH3 is 1. The minimum Gasteiger partial charge on any atom is -0.469 e. The van der Waals surface area contributed by atoms with Gasteiger partial charge in [-0.3, -0.25) is 4.79 Å². The van der Waals surface area contributed by atoms with Crippen molar-refractivity contribution in [3.63, 3.8) is 0 Å². The molecular weight excluding hydrogens is 310 g/mol. The van der Waals surface area contributed by atoms with Gasteiger partial charge in [0.1, 0.15) is 6.61 Å². The Balaban J connectivity index is 1.87. The molecule has 1 fully saturated rings. The van der Waals surface area contributed by atoms with Crippen LogP contribution in [0.1, 0.15) is 24.8 Å². The van der Waals surface area contributed by atoms with Crippen molar-refractivity contribution in [1.82, 2.24) is 4.90 Å². The third kappa shape index (κ3) is 5.23. The van der Waals surface area contributed by atoms with E-state index in [0.29, 0.717) is 32.4 Å². The van der Waals surface area contributed by atoms with Gasteiger partial charge in [0.2, 0.25) is 0 Å². The lowest BCUT2D eigenvalue weighted by molar-refractivity contribution is -0.142. The minimum absolute atomic E-state index is 0.0369. The van der Waals surface area contributed by atoms with Crippen molar-refractivity contribution in [1.29, 1.82) is 0 Å². The first-order valence-electron chi connectivity index (χ1n) is 8.27. The lowest BCUT2D eigenvalue weighted by atomic mass is 9.81. The molecule has 132 valence electrons. The standard InChI is InChI=1S/C18H25NO5/c1-23-17(21)11-15-7-9-19(12-16(15)8-10-20)18(22)24-13-14-5-3-2-4-6-14/h2-6,15-16,20H,7-13H2,1H3/t15-,16-/m0/s1. The van der Waals surface area contributed by atoms with Crippen LogP contribution < -0.4 is 0 Å². The third-order valence-corrected chi connectivity index (χ3v) is 4.51. The quantitative estimate of drug-likeness (QED) is 0.807. The van der Waals surface area contributed by atoms with Gasteiger partial charge in [-0.15, -0.1) is 0 Å². The second-order valence-corrected chi connectivity index (χ2v) is 6.09. The summed E-state index contributed by atoms with van der Waals surface area (Å²) in [5.74, 6) is -0.0436. The highest BCUT2D eigenvalue weighted by Gasteiger charge is 2.33. The number of piperidine rings is 1. The number of carbonyl (C=O) groups is 2. The predicted molar refractivity (Wildman–Crippen MR) is 88.1 cm³/mol. The van der Waals surface area contributed by atoms with E-state index < -0.39 is 0 Å². The van der Waals surface area contributed by atoms with E-state index in [1.807, 2.05) is 30.3 Å². The van der Waals surface area contributed by atoms with E-state index in [-0.39, 0.29) is 37.1 Å². The number of nitrogens with zero attached hydrogens (tertiary/aromatic N) is 1. The molecule has 1 aliphatic rings. The van der Waals surface area contributed by atoms with Crippen LogP contribution in [0.15, 0.2) is 30.3 Å². The lowest BCUT2D eigenvalue weighted by Gasteiger charge is -2.37. The van der Waals surface area contributed by atoms with Crippen LogP contribution in [0.4, 0.5) is 4.79 Å². The molecule has 0 bridgehead atoms. The number of hydrogen-bond acceptors (Lipinski definition) is 5. The number of esters is 1. The van der Waals surface area contributed by atoms with Crippen molar-refractivity contribution in [2.75, 3.05) is 26.8 Å². The first kappa shape index (κ1) is 18.3. The van der Waals surface area contributed by atoms with Crippen LogP contribution in [0.3, 0.4) is 0 Å². The van der Waals surface area contributed by atoms with Gasteiger partial charge in [-0.05, 0) is 30.2 Å². The van der Waals surface area contributed by atoms with E-state index in [1.54, 1.807) is 4.90 Å². The summed E-state index contributed by atoms with van der Waals surface area (Å²) in [5.41, 5.74) is 0.943. The van der Waals surface area contributed by atoms with E-state index >= 15 is 0 Å². The Morgan fingerprint density at radius 3 is 2.67 bits per heavy atom. The SMILES string of the molecule is COC(=O)C[C@@H]1CCN(C(=O)OCc2ccccc2)C[C@@H]1CCO. The summed E-state index contributed by atoms with van der Waals surface area (Å²) in [6.07, 6.45) is 1.25. The molecule has 1 heterocycles. The number of carbonyl (C=O) groups excluding carboxylic acids is 2. The van der Waals surface area contributed by atoms with Crippen LogP contribution in [0.25, 0.3) is 0 Å². The molecule has 0 aromatic heterocycles. The van der Waals surface area contributed by atoms with Crippen molar-refractivity contribution < 1.29 is 24.2 Å². The fourth-order valence-corrected chi connectivity index (χ4v) is 3.12. The number of amides is 1. The molecule has 0 saturated carbocycles. The molecule has 0 radical (unpaired) electrons. The van der Waals surface area contributed by atoms with Gasteiger partial charge in [0.25, 0.3) is 0 Å². The number of likely N-dealkylation sites (tertiary alicyclic amines) is 1. The Morgan fingerprint density at radius 2 is 2.00 bits per heavy atom. The van der Waals surface area contributed by atoms with Gasteiger partial charge in [-0.25, -0.2) is 4.79 Å². The van der Waals surface area contributed by atoms with Crippen LogP contribution in [0, 0.1) is 11.8 Å². The van der Waals surface area contributed by atoms with E-state index in [0.717, 1.165) is 5.56 Å². The number of rotatable bonds is 6. The Bertz CT molecular complexity index is 533. The van der Waals surface area contributed by atoms with Crippen molar-refractivity contribution in [2.45, 2.75) is 25.9 Å². The summed E-state index contributed by atoms with van der Waals surface area (Å²) < 4.78 is 10.1. The predicted octanol–water partition coefficient (Wildman–Crippen LogP) is 2.21. The third-order valence-electron chi connectivity index (χ3n) is 4.51. The lowest BCUT2D eigenvalue weighted by Crippen LogP contribution is -2.44. The molecule has 24 heavy (non-hydrogen) atoms. The Hall–Kier alpha value is -2.08. The maximum atomic E-state index is 12.3. The highest BCUT2D eigenvalue weighted by molar-refractivity contribution is 5.70. The average Bonchev–Trinajstić information content (AvgIpc) is 2.62. The zero-order valence-electron chi connectivity index (χ0n) is 14.0. The molecule has 1 amide bonds. The summed E-state index contributed by atoms with van der Waals surface area (Å²) in [7, 11) is 1.37. The van der Waals surface area contributed by atoms with Crippen LogP contribution in [-0.4, -0.2) is 48.9 Å². The molecule has 1 aromatic rings. The minimum atomic E-state index is -0.349. The first-order chi connectivity index (χ1) is 11.6. The van der Waals surface area contributed by atoms with Gasteiger partial charge in [0.15, 0.2) is 0 Å². The van der Waals surface area contributed by atoms with Crippen molar-refractivity contribution in [2.24, 2.45) is 11.8 Å². The van der Waals surface area contributed by atoms with E-state index in [9.17, 15) is 14.7 Å². The molecule has 1 aromatic carbocycles. The fourth-order valence-electron chi connectivity index (χ4n) is 3.12. The highest BCUT2D eigenvalue weighted by atomic mass is 16.6. The largest absolute Gasteiger partial charge is 0.469 e. The van der Waals surface area contributed by atoms with Crippen LogP contribution in [-0.2, 0) is 20.9 Å². The zero-order valence-corrected chi connectivity index (χ0v) is 14.0. The Morgan fingerprint density at radius 1 is 1.25 bits per heavy atom. The molecule has 1 aliphatic heterocycles. The zero-order chi connectivity index (χ0) is 17.4. The van der Waals surface area contributed by atoms with E-state index in [1.165, 1.54) is 7.11 Å². The van der Waals surface area contributed by atoms with Crippen molar-refractivity contribution in [3.05, 3.63) is 35.9 Å². The molecule has 6 nitrogen and oxygen atoms in total. The second kappa shape index (κ2) is 9.27. The summed E-state index contributed by atoms with van der Waals surface area (Å²) in [5, 5.41) is 9.25. The Labute approximate surface area is 142 Å². The van der Waals surface area contributed by atoms with Gasteiger partial charge in [0.05, 0.1) is 7.11 Å². The van der Waals surface area contributed by atoms with Crippen LogP contribution in [0.5, 0.6) is 0 Å². The molecule has 0 aliphatic carbocycles. The van der Waals surface area contributed by atoms with Crippen molar-refractivity contribution >= 4 is 12.1 Å². The molecule has 1 N–H and O–H groups in total. The maximum Gasteiger partial charge on any atom is 0.410 e. The summed E-state index contributed by atoms with van der Waals surface area (Å²) in [6.45, 7) is 1.33. The molecule has 2 atom stereocenters. The van der Waals surface area contributed by atoms with Crippen LogP contribution >= 0.6 is 0 Å². The summed E-state index contributed by atoms with van der Waals surface area (Å²) in [6, 6.07) is 9.53. The van der Waals surface area contributed by atoms with Gasteiger partial charge in [0, 0.05) is 26.1 Å². The molecule has 0 spiro atoms. The Kier molecular flexibility index (Phi) is 7.06. The topological polar surface area (TPSA) is 76.1 Å². The maximum absolute atomic E-state index is 12.3. The van der Waals surface area contributed by atoms with Gasteiger partial charge >= 0.3 is 12.1 Å². The number of aliphatic hydroxyl groups excluding tert-OH is 1. The molecule has 6 heteroatoms. The molecule has 2 rings (SSSR count). The summed E-state index contributed by atoms with van der Waals surface area (Å²) in [4.78, 5) is 25.4. The first-order valence-corrected chi connectivity index (χ1v) is 8.27. The van der Waals surface area contributed by atoms with E-state index in [4.69, 9.17) is 9.47 Å². The normalized spacial score (nSPS) is 20.5. The number of aliphatic hydroxyl groups is 1. The smallest absolute Gasteiger partial charge is 0.410 e.